The van der Waals surface area contributed by atoms with Crippen molar-refractivity contribution in [3.8, 4) is 0 Å². The Balaban J connectivity index is 1.90. The van der Waals surface area contributed by atoms with Crippen LogP contribution < -0.4 is 5.32 Å². The van der Waals surface area contributed by atoms with E-state index in [4.69, 9.17) is 0 Å². The summed E-state index contributed by atoms with van der Waals surface area (Å²) >= 11 is 0. The number of hydrogen-bond donors (Lipinski definition) is 1. The molecule has 0 fully saturated rings. The molecule has 1 N–H and O–H groups in total. The molecule has 1 nitrogen and oxygen atoms in total. The van der Waals surface area contributed by atoms with Gasteiger partial charge in [-0.3, -0.25) is 0 Å². The molecule has 0 radical (unpaired) electrons. The molecule has 0 aliphatic heterocycles. The Morgan fingerprint density at radius 3 is 2.53 bits per heavy atom. The van der Waals surface area contributed by atoms with Crippen LogP contribution in [0, 0.1) is 20.8 Å². The van der Waals surface area contributed by atoms with Crippen LogP contribution in [0.25, 0.3) is 0 Å². The largest absolute Gasteiger partial charge is 0.378 e. The fraction of sp³-hybridized carbons (Fsp3) is 0.333. The number of hydrogen-bond acceptors (Lipinski definition) is 1. The molecule has 98 valence electrons. The van der Waals surface area contributed by atoms with Crippen molar-refractivity contribution in [2.24, 2.45) is 0 Å². The number of fused-ring (bicyclic) bond motifs is 1. The average molecular weight is 251 g/mol. The fourth-order valence-electron chi connectivity index (χ4n) is 2.95. The molecule has 2 aromatic rings. The lowest BCUT2D eigenvalue weighted by molar-refractivity contribution is 0.760. The molecule has 19 heavy (non-hydrogen) atoms. The number of rotatable bonds is 2. The Kier molecular flexibility index (Phi) is 3.06. The van der Waals surface area contributed by atoms with E-state index in [9.17, 15) is 0 Å². The number of anilines is 1. The van der Waals surface area contributed by atoms with E-state index >= 15 is 0 Å². The van der Waals surface area contributed by atoms with Crippen LogP contribution >= 0.6 is 0 Å². The zero-order valence-electron chi connectivity index (χ0n) is 12.0. The third-order valence-corrected chi connectivity index (χ3v) is 4.10. The second-order valence-corrected chi connectivity index (χ2v) is 5.76. The summed E-state index contributed by atoms with van der Waals surface area (Å²) in [5.41, 5.74) is 8.27. The lowest BCUT2D eigenvalue weighted by Gasteiger charge is -2.18. The third kappa shape index (κ3) is 2.37. The van der Waals surface area contributed by atoms with Crippen LogP contribution in [0.5, 0.6) is 0 Å². The molecule has 1 unspecified atom stereocenters. The van der Waals surface area contributed by atoms with Crippen LogP contribution in [-0.2, 0) is 6.42 Å². The van der Waals surface area contributed by atoms with Crippen molar-refractivity contribution in [3.63, 3.8) is 0 Å². The van der Waals surface area contributed by atoms with Crippen LogP contribution in [0.3, 0.4) is 0 Å². The van der Waals surface area contributed by atoms with Crippen LogP contribution in [0.2, 0.25) is 0 Å². The second kappa shape index (κ2) is 4.73. The molecular weight excluding hydrogens is 230 g/mol. The van der Waals surface area contributed by atoms with Gasteiger partial charge in [0.1, 0.15) is 0 Å². The maximum Gasteiger partial charge on any atom is 0.0519 e. The molecule has 1 aliphatic rings. The molecular formula is C18H21N. The van der Waals surface area contributed by atoms with Crippen molar-refractivity contribution in [1.29, 1.82) is 0 Å². The monoisotopic (exact) mass is 251 g/mol. The summed E-state index contributed by atoms with van der Waals surface area (Å²) in [5, 5.41) is 3.73. The number of benzene rings is 2. The average Bonchev–Trinajstić information content (AvgIpc) is 2.77. The van der Waals surface area contributed by atoms with E-state index in [2.05, 4.69) is 62.5 Å². The summed E-state index contributed by atoms with van der Waals surface area (Å²) in [6, 6.07) is 13.9. The zero-order valence-corrected chi connectivity index (χ0v) is 12.0. The standard InChI is InChI=1S/C18H21N/c1-12-5-7-15-8-9-17(16(15)10-12)19-18-11-13(2)4-6-14(18)3/h4-7,10-11,17,19H,8-9H2,1-3H3. The molecule has 1 heteroatoms. The lowest BCUT2D eigenvalue weighted by Crippen LogP contribution is -2.08. The van der Waals surface area contributed by atoms with Gasteiger partial charge in [0.05, 0.1) is 6.04 Å². The topological polar surface area (TPSA) is 12.0 Å². The zero-order chi connectivity index (χ0) is 13.4. The van der Waals surface area contributed by atoms with Gasteiger partial charge >= 0.3 is 0 Å². The Morgan fingerprint density at radius 2 is 1.68 bits per heavy atom. The van der Waals surface area contributed by atoms with E-state index in [0.717, 1.165) is 0 Å². The predicted molar refractivity (Wildman–Crippen MR) is 81.8 cm³/mol. The van der Waals surface area contributed by atoms with E-state index in [1.54, 1.807) is 0 Å². The van der Waals surface area contributed by atoms with Gasteiger partial charge in [-0.1, -0.05) is 35.9 Å². The van der Waals surface area contributed by atoms with Crippen molar-refractivity contribution < 1.29 is 0 Å². The van der Waals surface area contributed by atoms with Gasteiger partial charge in [-0.2, -0.15) is 0 Å². The second-order valence-electron chi connectivity index (χ2n) is 5.76. The first-order valence-electron chi connectivity index (χ1n) is 7.07. The highest BCUT2D eigenvalue weighted by Crippen LogP contribution is 2.35. The Hall–Kier alpha value is -1.76. The third-order valence-electron chi connectivity index (χ3n) is 4.10. The fourth-order valence-corrected chi connectivity index (χ4v) is 2.95. The SMILES string of the molecule is Cc1ccc(C)c(NC2CCc3ccc(C)cc32)c1. The van der Waals surface area contributed by atoms with Gasteiger partial charge in [0.2, 0.25) is 0 Å². The first-order chi connectivity index (χ1) is 9.13. The molecule has 0 saturated heterocycles. The molecule has 0 heterocycles. The number of aryl methyl sites for hydroxylation is 4. The highest BCUT2D eigenvalue weighted by Gasteiger charge is 2.22. The van der Waals surface area contributed by atoms with E-state index in [0.29, 0.717) is 6.04 Å². The lowest BCUT2D eigenvalue weighted by atomic mass is 10.0. The van der Waals surface area contributed by atoms with Crippen molar-refractivity contribution >= 4 is 5.69 Å². The van der Waals surface area contributed by atoms with Crippen molar-refractivity contribution in [2.45, 2.75) is 39.7 Å². The van der Waals surface area contributed by atoms with E-state index in [1.165, 1.54) is 46.3 Å². The van der Waals surface area contributed by atoms with Crippen LogP contribution in [0.1, 0.15) is 40.3 Å². The molecule has 1 atom stereocenters. The summed E-state index contributed by atoms with van der Waals surface area (Å²) in [4.78, 5) is 0. The van der Waals surface area contributed by atoms with Crippen molar-refractivity contribution in [1.82, 2.24) is 0 Å². The van der Waals surface area contributed by atoms with Gasteiger partial charge in [0.25, 0.3) is 0 Å². The van der Waals surface area contributed by atoms with E-state index in [-0.39, 0.29) is 0 Å². The molecule has 0 saturated carbocycles. The normalized spacial score (nSPS) is 17.3. The van der Waals surface area contributed by atoms with Gasteiger partial charge in [0.15, 0.2) is 0 Å². The molecule has 0 bridgehead atoms. The highest BCUT2D eigenvalue weighted by molar-refractivity contribution is 5.55. The summed E-state index contributed by atoms with van der Waals surface area (Å²) in [5.74, 6) is 0. The highest BCUT2D eigenvalue weighted by atomic mass is 14.9. The van der Waals surface area contributed by atoms with Gasteiger partial charge < -0.3 is 5.32 Å². The maximum absolute atomic E-state index is 3.73. The van der Waals surface area contributed by atoms with Crippen LogP contribution in [0.15, 0.2) is 36.4 Å². The summed E-state index contributed by atoms with van der Waals surface area (Å²) in [6.45, 7) is 6.50. The van der Waals surface area contributed by atoms with Gasteiger partial charge in [-0.15, -0.1) is 0 Å². The molecule has 0 spiro atoms. The van der Waals surface area contributed by atoms with Crippen molar-refractivity contribution in [2.75, 3.05) is 5.32 Å². The first kappa shape index (κ1) is 12.3. The Bertz CT molecular complexity index is 613. The predicted octanol–water partition coefficient (Wildman–Crippen LogP) is 4.71. The van der Waals surface area contributed by atoms with E-state index in [1.807, 2.05) is 0 Å². The van der Waals surface area contributed by atoms with E-state index < -0.39 is 0 Å². The first-order valence-corrected chi connectivity index (χ1v) is 7.07. The van der Waals surface area contributed by atoms with Crippen molar-refractivity contribution in [3.05, 3.63) is 64.2 Å². The number of nitrogens with one attached hydrogen (secondary N) is 1. The Labute approximate surface area is 115 Å². The summed E-state index contributed by atoms with van der Waals surface area (Å²) < 4.78 is 0. The van der Waals surface area contributed by atoms with Gasteiger partial charge in [-0.25, -0.2) is 0 Å². The van der Waals surface area contributed by atoms with Gasteiger partial charge in [-0.05, 0) is 61.9 Å². The van der Waals surface area contributed by atoms with Crippen LogP contribution in [-0.4, -0.2) is 0 Å². The quantitative estimate of drug-likeness (QED) is 0.815. The molecule has 2 aromatic carbocycles. The maximum atomic E-state index is 3.73. The minimum Gasteiger partial charge on any atom is -0.378 e. The molecule has 1 aliphatic carbocycles. The molecule has 3 rings (SSSR count). The van der Waals surface area contributed by atoms with Gasteiger partial charge in [0, 0.05) is 5.69 Å². The summed E-state index contributed by atoms with van der Waals surface area (Å²) in [6.07, 6.45) is 2.39. The minimum absolute atomic E-state index is 0.468. The summed E-state index contributed by atoms with van der Waals surface area (Å²) in [7, 11) is 0. The smallest absolute Gasteiger partial charge is 0.0519 e. The molecule has 0 amide bonds. The van der Waals surface area contributed by atoms with Crippen LogP contribution in [0.4, 0.5) is 5.69 Å². The minimum atomic E-state index is 0.468. The molecule has 0 aromatic heterocycles. The Morgan fingerprint density at radius 1 is 0.947 bits per heavy atom.